The third-order valence-corrected chi connectivity index (χ3v) is 7.30. The normalized spacial score (nSPS) is 25.1. The van der Waals surface area contributed by atoms with Crippen molar-refractivity contribution in [2.24, 2.45) is 0 Å². The number of pyridine rings is 1. The monoisotopic (exact) mass is 448 g/mol. The molecular weight excluding hydrogens is 420 g/mol. The Labute approximate surface area is 192 Å². The van der Waals surface area contributed by atoms with Gasteiger partial charge >= 0.3 is 0 Å². The molecule has 0 aromatic carbocycles. The summed E-state index contributed by atoms with van der Waals surface area (Å²) in [6.45, 7) is 3.89. The predicted octanol–water partition coefficient (Wildman–Crippen LogP) is 1.12. The molecule has 3 aliphatic heterocycles. The molecule has 172 valence electrons. The third kappa shape index (κ3) is 3.49. The Morgan fingerprint density at radius 1 is 1.03 bits per heavy atom. The molecule has 10 nitrogen and oxygen atoms in total. The smallest absolute Gasteiger partial charge is 0.253 e. The SMILES string of the molecule is O=C1CC2(Cc3cnc(Nc4ccc(N5CCNCC5)cn4)nc3N2C2CCCC2)C(=O)N1. The molecule has 3 fully saturated rings. The summed E-state index contributed by atoms with van der Waals surface area (Å²) in [6.07, 6.45) is 8.56. The summed E-state index contributed by atoms with van der Waals surface area (Å²) in [4.78, 5) is 43.4. The molecular formula is C23H28N8O2. The molecule has 2 amide bonds. The number of carbonyl (C=O) groups is 2. The molecule has 4 aliphatic rings. The summed E-state index contributed by atoms with van der Waals surface area (Å²) >= 11 is 0. The molecule has 0 bridgehead atoms. The highest BCUT2D eigenvalue weighted by Crippen LogP contribution is 2.46. The van der Waals surface area contributed by atoms with E-state index in [1.54, 1.807) is 6.20 Å². The Kier molecular flexibility index (Phi) is 4.90. The Morgan fingerprint density at radius 2 is 1.85 bits per heavy atom. The maximum atomic E-state index is 12.9. The van der Waals surface area contributed by atoms with Gasteiger partial charge in [-0.1, -0.05) is 12.8 Å². The summed E-state index contributed by atoms with van der Waals surface area (Å²) in [5, 5.41) is 9.10. The Morgan fingerprint density at radius 3 is 2.55 bits per heavy atom. The van der Waals surface area contributed by atoms with Crippen LogP contribution in [-0.2, 0) is 16.0 Å². The van der Waals surface area contributed by atoms with Gasteiger partial charge in [-0.25, -0.2) is 9.97 Å². The van der Waals surface area contributed by atoms with E-state index in [2.05, 4.69) is 41.8 Å². The molecule has 1 saturated carbocycles. The van der Waals surface area contributed by atoms with Crippen molar-refractivity contribution in [3.05, 3.63) is 30.1 Å². The Bertz CT molecular complexity index is 1080. The molecule has 5 heterocycles. The van der Waals surface area contributed by atoms with E-state index >= 15 is 0 Å². The standard InChI is InChI=1S/C23H28N8O2/c32-19-12-23(21(33)28-19)11-15-13-26-22(29-20(15)31(23)16-3-1-2-4-16)27-18-6-5-17(14-25-18)30-9-7-24-8-10-30/h5-6,13-14,16,24H,1-4,7-12H2,(H,28,32,33)(H,25,26,27,29). The lowest BCUT2D eigenvalue weighted by atomic mass is 9.91. The molecule has 1 atom stereocenters. The summed E-state index contributed by atoms with van der Waals surface area (Å²) in [5.74, 6) is 1.46. The number of nitrogens with zero attached hydrogens (tertiary/aromatic N) is 5. The zero-order valence-electron chi connectivity index (χ0n) is 18.5. The number of hydrogen-bond acceptors (Lipinski definition) is 9. The van der Waals surface area contributed by atoms with Crippen LogP contribution in [-0.4, -0.2) is 64.5 Å². The van der Waals surface area contributed by atoms with Crippen LogP contribution in [0.2, 0.25) is 0 Å². The molecule has 3 N–H and O–H groups in total. The molecule has 33 heavy (non-hydrogen) atoms. The van der Waals surface area contributed by atoms with E-state index in [0.29, 0.717) is 18.2 Å². The van der Waals surface area contributed by atoms with Crippen LogP contribution in [0.15, 0.2) is 24.5 Å². The first-order chi connectivity index (χ1) is 16.1. The lowest BCUT2D eigenvalue weighted by molar-refractivity contribution is -0.126. The molecule has 1 unspecified atom stereocenters. The van der Waals surface area contributed by atoms with Crippen LogP contribution in [0.4, 0.5) is 23.3 Å². The fraction of sp³-hybridized carbons (Fsp3) is 0.522. The van der Waals surface area contributed by atoms with E-state index in [-0.39, 0.29) is 24.3 Å². The largest absolute Gasteiger partial charge is 0.368 e. The van der Waals surface area contributed by atoms with E-state index in [1.807, 2.05) is 12.3 Å². The number of rotatable bonds is 4. The molecule has 0 radical (unpaired) electrons. The first kappa shape index (κ1) is 20.3. The highest BCUT2D eigenvalue weighted by Gasteiger charge is 2.58. The number of carbonyl (C=O) groups excluding carboxylic acids is 2. The molecule has 2 aromatic heterocycles. The van der Waals surface area contributed by atoms with Crippen molar-refractivity contribution in [1.29, 1.82) is 0 Å². The maximum Gasteiger partial charge on any atom is 0.253 e. The van der Waals surface area contributed by atoms with Crippen LogP contribution in [0, 0.1) is 0 Å². The highest BCUT2D eigenvalue weighted by atomic mass is 16.2. The van der Waals surface area contributed by atoms with Crippen LogP contribution in [0.1, 0.15) is 37.7 Å². The van der Waals surface area contributed by atoms with Gasteiger partial charge < -0.3 is 20.4 Å². The molecule has 2 saturated heterocycles. The fourth-order valence-electron chi connectivity index (χ4n) is 5.73. The number of hydrogen-bond donors (Lipinski definition) is 3. The minimum atomic E-state index is -0.870. The van der Waals surface area contributed by atoms with Crippen molar-refractivity contribution >= 4 is 35.1 Å². The van der Waals surface area contributed by atoms with Gasteiger partial charge in [0.25, 0.3) is 5.91 Å². The summed E-state index contributed by atoms with van der Waals surface area (Å²) < 4.78 is 0. The molecule has 1 aliphatic carbocycles. The number of imide groups is 1. The topological polar surface area (TPSA) is 115 Å². The second-order valence-corrected chi connectivity index (χ2v) is 9.38. The molecule has 2 aromatic rings. The van der Waals surface area contributed by atoms with Gasteiger partial charge in [0.1, 0.15) is 17.2 Å². The minimum Gasteiger partial charge on any atom is -0.368 e. The van der Waals surface area contributed by atoms with Gasteiger partial charge in [0.2, 0.25) is 11.9 Å². The Balaban J connectivity index is 1.27. The third-order valence-electron chi connectivity index (χ3n) is 7.30. The highest BCUT2D eigenvalue weighted by molar-refractivity contribution is 6.11. The quantitative estimate of drug-likeness (QED) is 0.592. The van der Waals surface area contributed by atoms with Gasteiger partial charge in [-0.2, -0.15) is 4.98 Å². The van der Waals surface area contributed by atoms with Crippen LogP contribution in [0.5, 0.6) is 0 Å². The first-order valence-electron chi connectivity index (χ1n) is 11.8. The number of anilines is 4. The van der Waals surface area contributed by atoms with Crippen LogP contribution >= 0.6 is 0 Å². The van der Waals surface area contributed by atoms with Crippen molar-refractivity contribution in [1.82, 2.24) is 25.6 Å². The van der Waals surface area contributed by atoms with E-state index in [4.69, 9.17) is 4.98 Å². The van der Waals surface area contributed by atoms with Crippen LogP contribution < -0.4 is 25.8 Å². The van der Waals surface area contributed by atoms with Gasteiger partial charge in [0.15, 0.2) is 0 Å². The number of nitrogens with one attached hydrogen (secondary N) is 3. The van der Waals surface area contributed by atoms with Crippen LogP contribution in [0.3, 0.4) is 0 Å². The van der Waals surface area contributed by atoms with Crippen molar-refractivity contribution < 1.29 is 9.59 Å². The van der Waals surface area contributed by atoms with Crippen molar-refractivity contribution in [2.75, 3.05) is 41.3 Å². The molecule has 10 heteroatoms. The average Bonchev–Trinajstić information content (AvgIpc) is 3.52. The summed E-state index contributed by atoms with van der Waals surface area (Å²) in [6, 6.07) is 4.21. The van der Waals surface area contributed by atoms with Gasteiger partial charge in [-0.3, -0.25) is 14.9 Å². The summed E-state index contributed by atoms with van der Waals surface area (Å²) in [5.41, 5.74) is 1.15. The van der Waals surface area contributed by atoms with Gasteiger partial charge in [0, 0.05) is 50.4 Å². The van der Waals surface area contributed by atoms with Gasteiger partial charge in [-0.15, -0.1) is 0 Å². The number of fused-ring (bicyclic) bond motifs is 1. The van der Waals surface area contributed by atoms with E-state index in [9.17, 15) is 9.59 Å². The molecule has 1 spiro atoms. The minimum absolute atomic E-state index is 0.177. The predicted molar refractivity (Wildman–Crippen MR) is 124 cm³/mol. The summed E-state index contributed by atoms with van der Waals surface area (Å²) in [7, 11) is 0. The van der Waals surface area contributed by atoms with E-state index in [0.717, 1.165) is 68.9 Å². The lowest BCUT2D eigenvalue weighted by Gasteiger charge is -2.38. The number of piperazine rings is 1. The Hall–Kier alpha value is -3.27. The van der Waals surface area contributed by atoms with E-state index in [1.165, 1.54) is 0 Å². The first-order valence-corrected chi connectivity index (χ1v) is 11.8. The second-order valence-electron chi connectivity index (χ2n) is 9.38. The van der Waals surface area contributed by atoms with Crippen molar-refractivity contribution in [3.8, 4) is 0 Å². The number of amides is 2. The van der Waals surface area contributed by atoms with Crippen molar-refractivity contribution in [3.63, 3.8) is 0 Å². The fourth-order valence-corrected chi connectivity index (χ4v) is 5.73. The zero-order chi connectivity index (χ0) is 22.4. The van der Waals surface area contributed by atoms with E-state index < -0.39 is 5.54 Å². The van der Waals surface area contributed by atoms with Gasteiger partial charge in [0.05, 0.1) is 18.3 Å². The second kappa shape index (κ2) is 7.95. The molecule has 6 rings (SSSR count). The van der Waals surface area contributed by atoms with Crippen LogP contribution in [0.25, 0.3) is 0 Å². The lowest BCUT2D eigenvalue weighted by Crippen LogP contribution is -2.56. The van der Waals surface area contributed by atoms with Gasteiger partial charge in [-0.05, 0) is 25.0 Å². The average molecular weight is 449 g/mol. The number of aromatic nitrogens is 3. The zero-order valence-corrected chi connectivity index (χ0v) is 18.5. The van der Waals surface area contributed by atoms with Crippen molar-refractivity contribution in [2.45, 2.75) is 50.1 Å². The maximum absolute atomic E-state index is 12.9.